The molecule has 0 aromatic carbocycles. The molecule has 2 atom stereocenters. The van der Waals surface area contributed by atoms with Crippen LogP contribution in [0.4, 0.5) is 24.8 Å². The summed E-state index contributed by atoms with van der Waals surface area (Å²) in [6.07, 6.45) is -3.59. The van der Waals surface area contributed by atoms with E-state index in [1.165, 1.54) is 0 Å². The molecule has 20 heavy (non-hydrogen) atoms. The second kappa shape index (κ2) is 5.47. The molecule has 1 aliphatic heterocycles. The largest absolute Gasteiger partial charge is 0.416 e. The molecule has 0 bridgehead atoms. The molecule has 1 saturated heterocycles. The zero-order valence-electron chi connectivity index (χ0n) is 11.4. The van der Waals surface area contributed by atoms with Crippen molar-refractivity contribution in [2.75, 3.05) is 30.8 Å². The van der Waals surface area contributed by atoms with Crippen molar-refractivity contribution in [1.82, 2.24) is 4.98 Å². The quantitative estimate of drug-likeness (QED) is 0.909. The van der Waals surface area contributed by atoms with Crippen LogP contribution in [0.25, 0.3) is 0 Å². The van der Waals surface area contributed by atoms with Gasteiger partial charge in [0.15, 0.2) is 0 Å². The minimum Gasteiger partial charge on any atom is -0.384 e. The Morgan fingerprint density at radius 1 is 1.40 bits per heavy atom. The number of hydrogen-bond acceptors (Lipinski definition) is 4. The van der Waals surface area contributed by atoms with Crippen molar-refractivity contribution in [1.29, 1.82) is 0 Å². The summed E-state index contributed by atoms with van der Waals surface area (Å²) in [5.74, 6) is 0.507. The standard InChI is InChI=1S/C13H18F3N3O/c1-8-3-4-19(7-10(8)20-2)12-6-9(13(14,15)16)5-11(17)18-12/h5-6,8,10H,3-4,7H2,1-2H3,(H2,17,18). The van der Waals surface area contributed by atoms with Crippen molar-refractivity contribution >= 4 is 11.6 Å². The molecule has 2 unspecified atom stereocenters. The molecular formula is C13H18F3N3O. The Bertz CT molecular complexity index is 478. The molecule has 0 amide bonds. The van der Waals surface area contributed by atoms with Gasteiger partial charge in [-0.2, -0.15) is 13.2 Å². The second-order valence-electron chi connectivity index (χ2n) is 5.12. The third-order valence-corrected chi connectivity index (χ3v) is 3.68. The van der Waals surface area contributed by atoms with Gasteiger partial charge in [-0.05, 0) is 24.5 Å². The average Bonchev–Trinajstić information content (AvgIpc) is 2.37. The Hall–Kier alpha value is -1.50. The van der Waals surface area contributed by atoms with Crippen molar-refractivity contribution in [2.45, 2.75) is 25.6 Å². The fraction of sp³-hybridized carbons (Fsp3) is 0.615. The highest BCUT2D eigenvalue weighted by molar-refractivity contribution is 5.49. The molecule has 1 aromatic rings. The molecule has 0 aliphatic carbocycles. The molecule has 7 heteroatoms. The van der Waals surface area contributed by atoms with E-state index in [0.717, 1.165) is 18.6 Å². The maximum atomic E-state index is 12.8. The monoisotopic (exact) mass is 289 g/mol. The van der Waals surface area contributed by atoms with Gasteiger partial charge in [0.2, 0.25) is 0 Å². The normalized spacial score (nSPS) is 23.9. The van der Waals surface area contributed by atoms with Crippen LogP contribution in [0.15, 0.2) is 12.1 Å². The van der Waals surface area contributed by atoms with E-state index in [2.05, 4.69) is 11.9 Å². The number of rotatable bonds is 2. The van der Waals surface area contributed by atoms with Crippen LogP contribution in [0, 0.1) is 5.92 Å². The zero-order valence-corrected chi connectivity index (χ0v) is 11.4. The molecule has 112 valence electrons. The van der Waals surface area contributed by atoms with Crippen LogP contribution in [-0.4, -0.2) is 31.3 Å². The molecule has 0 saturated carbocycles. The summed E-state index contributed by atoms with van der Waals surface area (Å²) in [7, 11) is 1.61. The third-order valence-electron chi connectivity index (χ3n) is 3.68. The summed E-state index contributed by atoms with van der Waals surface area (Å²) in [5.41, 5.74) is 4.72. The van der Waals surface area contributed by atoms with Crippen LogP contribution < -0.4 is 10.6 Å². The molecular weight excluding hydrogens is 271 g/mol. The van der Waals surface area contributed by atoms with Crippen LogP contribution in [0.5, 0.6) is 0 Å². The second-order valence-corrected chi connectivity index (χ2v) is 5.12. The van der Waals surface area contributed by atoms with Crippen LogP contribution in [-0.2, 0) is 10.9 Å². The highest BCUT2D eigenvalue weighted by Crippen LogP contribution is 2.33. The number of ether oxygens (including phenoxy) is 1. The average molecular weight is 289 g/mol. The maximum absolute atomic E-state index is 12.8. The van der Waals surface area contributed by atoms with Gasteiger partial charge in [0.1, 0.15) is 11.6 Å². The van der Waals surface area contributed by atoms with E-state index in [9.17, 15) is 13.2 Å². The van der Waals surface area contributed by atoms with E-state index in [1.54, 1.807) is 12.0 Å². The van der Waals surface area contributed by atoms with E-state index in [1.807, 2.05) is 0 Å². The van der Waals surface area contributed by atoms with Crippen molar-refractivity contribution in [3.8, 4) is 0 Å². The summed E-state index contributed by atoms with van der Waals surface area (Å²) in [6, 6.07) is 1.89. The van der Waals surface area contributed by atoms with Crippen molar-refractivity contribution in [2.24, 2.45) is 5.92 Å². The number of halogens is 3. The summed E-state index contributed by atoms with van der Waals surface area (Å²) >= 11 is 0. The lowest BCUT2D eigenvalue weighted by molar-refractivity contribution is -0.137. The van der Waals surface area contributed by atoms with Gasteiger partial charge < -0.3 is 15.4 Å². The van der Waals surface area contributed by atoms with E-state index in [0.29, 0.717) is 19.0 Å². The highest BCUT2D eigenvalue weighted by atomic mass is 19.4. The SMILES string of the molecule is COC1CN(c2cc(C(F)(F)F)cc(N)n2)CCC1C. The van der Waals surface area contributed by atoms with Crippen molar-refractivity contribution in [3.05, 3.63) is 17.7 Å². The van der Waals surface area contributed by atoms with Crippen LogP contribution in [0.3, 0.4) is 0 Å². The fourth-order valence-corrected chi connectivity index (χ4v) is 2.41. The number of piperidine rings is 1. The Kier molecular flexibility index (Phi) is 4.08. The van der Waals surface area contributed by atoms with Gasteiger partial charge in [-0.25, -0.2) is 4.98 Å². The molecule has 1 aliphatic rings. The first-order chi connectivity index (χ1) is 9.31. The van der Waals surface area contributed by atoms with Gasteiger partial charge in [0, 0.05) is 20.2 Å². The Labute approximate surface area is 115 Å². The third kappa shape index (κ3) is 3.15. The molecule has 2 heterocycles. The number of pyridine rings is 1. The molecule has 1 aromatic heterocycles. The predicted molar refractivity (Wildman–Crippen MR) is 70.4 cm³/mol. The number of aromatic nitrogens is 1. The van der Waals surface area contributed by atoms with Gasteiger partial charge in [0.25, 0.3) is 0 Å². The minimum atomic E-state index is -4.42. The minimum absolute atomic E-state index is 0.0127. The topological polar surface area (TPSA) is 51.4 Å². The number of alkyl halides is 3. The molecule has 0 spiro atoms. The Balaban J connectivity index is 2.27. The number of hydrogen-bond donors (Lipinski definition) is 1. The van der Waals surface area contributed by atoms with Gasteiger partial charge >= 0.3 is 6.18 Å². The Morgan fingerprint density at radius 3 is 2.70 bits per heavy atom. The summed E-state index contributed by atoms with van der Waals surface area (Å²) < 4.78 is 43.7. The molecule has 2 rings (SSSR count). The number of anilines is 2. The summed E-state index contributed by atoms with van der Waals surface area (Å²) in [6.45, 7) is 3.24. The fourth-order valence-electron chi connectivity index (χ4n) is 2.41. The highest BCUT2D eigenvalue weighted by Gasteiger charge is 2.33. The molecule has 4 nitrogen and oxygen atoms in total. The summed E-state index contributed by atoms with van der Waals surface area (Å²) in [5, 5.41) is 0. The van der Waals surface area contributed by atoms with Gasteiger partial charge in [-0.15, -0.1) is 0 Å². The van der Waals surface area contributed by atoms with Crippen molar-refractivity contribution in [3.63, 3.8) is 0 Å². The van der Waals surface area contributed by atoms with Gasteiger partial charge in [-0.3, -0.25) is 0 Å². The first-order valence-corrected chi connectivity index (χ1v) is 6.43. The smallest absolute Gasteiger partial charge is 0.384 e. The van der Waals surface area contributed by atoms with Crippen LogP contribution in [0.2, 0.25) is 0 Å². The number of nitrogens with zero attached hydrogens (tertiary/aromatic N) is 2. The summed E-state index contributed by atoms with van der Waals surface area (Å²) in [4.78, 5) is 5.80. The first-order valence-electron chi connectivity index (χ1n) is 6.43. The van der Waals surface area contributed by atoms with E-state index in [4.69, 9.17) is 10.5 Å². The first kappa shape index (κ1) is 14.9. The number of nitrogens with two attached hydrogens (primary N) is 1. The van der Waals surface area contributed by atoms with E-state index in [-0.39, 0.29) is 17.7 Å². The van der Waals surface area contributed by atoms with Gasteiger partial charge in [-0.1, -0.05) is 6.92 Å². The number of nitrogen functional groups attached to an aromatic ring is 1. The van der Waals surface area contributed by atoms with Crippen LogP contribution in [0.1, 0.15) is 18.9 Å². The molecule has 2 N–H and O–H groups in total. The van der Waals surface area contributed by atoms with Crippen molar-refractivity contribution < 1.29 is 17.9 Å². The van der Waals surface area contributed by atoms with E-state index >= 15 is 0 Å². The van der Waals surface area contributed by atoms with Gasteiger partial charge in [0.05, 0.1) is 11.7 Å². The number of methoxy groups -OCH3 is 1. The zero-order chi connectivity index (χ0) is 14.9. The Morgan fingerprint density at radius 2 is 2.10 bits per heavy atom. The predicted octanol–water partition coefficient (Wildman–Crippen LogP) is 2.54. The lowest BCUT2D eigenvalue weighted by Gasteiger charge is -2.37. The maximum Gasteiger partial charge on any atom is 0.416 e. The van der Waals surface area contributed by atoms with Crippen LogP contribution >= 0.6 is 0 Å². The molecule has 1 fully saturated rings. The lowest BCUT2D eigenvalue weighted by atomic mass is 9.96. The lowest BCUT2D eigenvalue weighted by Crippen LogP contribution is -2.44. The van der Waals surface area contributed by atoms with E-state index < -0.39 is 11.7 Å². The molecule has 0 radical (unpaired) electrons.